The highest BCUT2D eigenvalue weighted by molar-refractivity contribution is 6.35. The van der Waals surface area contributed by atoms with Gasteiger partial charge in [-0.2, -0.15) is 0 Å². The number of amides is 2. The topological polar surface area (TPSA) is 90.9 Å². The Labute approximate surface area is 106 Å². The van der Waals surface area contributed by atoms with Crippen molar-refractivity contribution < 1.29 is 19.4 Å². The fourth-order valence-corrected chi connectivity index (χ4v) is 1.55. The minimum atomic E-state index is -0.710. The summed E-state index contributed by atoms with van der Waals surface area (Å²) >= 11 is 0. The largest absolute Gasteiger partial charge is 0.392 e. The van der Waals surface area contributed by atoms with Crippen molar-refractivity contribution >= 4 is 11.8 Å². The Morgan fingerprint density at radius 2 is 1.89 bits per heavy atom. The quantitative estimate of drug-likeness (QED) is 0.494. The van der Waals surface area contributed by atoms with Crippen molar-refractivity contribution in [2.24, 2.45) is 0 Å². The van der Waals surface area contributed by atoms with Gasteiger partial charge in [0.1, 0.15) is 0 Å². The number of aliphatic hydroxyl groups excluding tert-OH is 1. The molecule has 0 aliphatic carbocycles. The molecular weight excluding hydrogens is 238 g/mol. The molecule has 1 aliphatic rings. The van der Waals surface area contributed by atoms with Crippen LogP contribution in [0.2, 0.25) is 0 Å². The monoisotopic (exact) mass is 259 g/mol. The zero-order valence-corrected chi connectivity index (χ0v) is 10.6. The van der Waals surface area contributed by atoms with Crippen molar-refractivity contribution in [2.75, 3.05) is 45.9 Å². The average Bonchev–Trinajstić information content (AvgIpc) is 2.37. The molecule has 1 fully saturated rings. The van der Waals surface area contributed by atoms with Crippen molar-refractivity contribution in [3.8, 4) is 0 Å². The van der Waals surface area contributed by atoms with Crippen LogP contribution in [0.5, 0.6) is 0 Å². The van der Waals surface area contributed by atoms with Gasteiger partial charge in [-0.05, 0) is 6.92 Å². The van der Waals surface area contributed by atoms with Crippen LogP contribution in [-0.4, -0.2) is 73.9 Å². The molecule has 0 aromatic carbocycles. The highest BCUT2D eigenvalue weighted by Crippen LogP contribution is 1.94. The number of hydrogen-bond acceptors (Lipinski definition) is 5. The third-order valence-corrected chi connectivity index (χ3v) is 2.58. The van der Waals surface area contributed by atoms with Gasteiger partial charge in [-0.1, -0.05) is 0 Å². The van der Waals surface area contributed by atoms with Gasteiger partial charge in [0.2, 0.25) is 0 Å². The number of nitrogens with zero attached hydrogens (tertiary/aromatic N) is 1. The molecule has 0 unspecified atom stereocenters. The van der Waals surface area contributed by atoms with Gasteiger partial charge < -0.3 is 20.5 Å². The van der Waals surface area contributed by atoms with E-state index in [2.05, 4.69) is 15.5 Å². The molecule has 3 N–H and O–H groups in total. The van der Waals surface area contributed by atoms with Gasteiger partial charge in [-0.15, -0.1) is 0 Å². The molecule has 7 nitrogen and oxygen atoms in total. The lowest BCUT2D eigenvalue weighted by atomic mass is 10.4. The van der Waals surface area contributed by atoms with Crippen LogP contribution in [0.15, 0.2) is 0 Å². The minimum absolute atomic E-state index is 0.0791. The lowest BCUT2D eigenvalue weighted by Crippen LogP contribution is -2.46. The molecule has 18 heavy (non-hydrogen) atoms. The SMILES string of the molecule is C[C@H](O)CNC(=O)C(=O)NCCN1CCOCC1. The maximum Gasteiger partial charge on any atom is 0.309 e. The zero-order chi connectivity index (χ0) is 13.4. The molecule has 0 aromatic heterocycles. The van der Waals surface area contributed by atoms with Crippen LogP contribution in [-0.2, 0) is 14.3 Å². The molecule has 0 spiro atoms. The molecule has 104 valence electrons. The van der Waals surface area contributed by atoms with Crippen LogP contribution >= 0.6 is 0 Å². The summed E-state index contributed by atoms with van der Waals surface area (Å²) in [5, 5.41) is 13.8. The Hall–Kier alpha value is -1.18. The van der Waals surface area contributed by atoms with Gasteiger partial charge in [0, 0.05) is 32.7 Å². The zero-order valence-electron chi connectivity index (χ0n) is 10.6. The van der Waals surface area contributed by atoms with Crippen molar-refractivity contribution in [2.45, 2.75) is 13.0 Å². The summed E-state index contributed by atoms with van der Waals surface area (Å²) in [7, 11) is 0. The molecule has 1 rings (SSSR count). The van der Waals surface area contributed by atoms with Gasteiger partial charge in [0.05, 0.1) is 19.3 Å². The Balaban J connectivity index is 2.10. The molecule has 0 aromatic rings. The summed E-state index contributed by atoms with van der Waals surface area (Å²) in [5.41, 5.74) is 0. The molecule has 0 radical (unpaired) electrons. The molecule has 0 bridgehead atoms. The molecule has 1 saturated heterocycles. The number of morpholine rings is 1. The number of nitrogens with one attached hydrogen (secondary N) is 2. The van der Waals surface area contributed by atoms with E-state index in [1.165, 1.54) is 6.92 Å². The van der Waals surface area contributed by atoms with E-state index in [0.717, 1.165) is 13.1 Å². The number of aliphatic hydroxyl groups is 1. The third-order valence-electron chi connectivity index (χ3n) is 2.58. The van der Waals surface area contributed by atoms with E-state index < -0.39 is 17.9 Å². The van der Waals surface area contributed by atoms with Crippen LogP contribution in [0.4, 0.5) is 0 Å². The van der Waals surface area contributed by atoms with E-state index in [1.807, 2.05) is 0 Å². The standard InChI is InChI=1S/C11H21N3O4/c1-9(15)8-13-11(17)10(16)12-2-3-14-4-6-18-7-5-14/h9,15H,2-8H2,1H3,(H,12,16)(H,13,17)/t9-/m0/s1. The molecule has 7 heteroatoms. The average molecular weight is 259 g/mol. The minimum Gasteiger partial charge on any atom is -0.392 e. The second-order valence-corrected chi connectivity index (χ2v) is 4.27. The van der Waals surface area contributed by atoms with E-state index in [4.69, 9.17) is 9.84 Å². The molecule has 1 aliphatic heterocycles. The summed E-state index contributed by atoms with van der Waals surface area (Å²) < 4.78 is 5.20. The smallest absolute Gasteiger partial charge is 0.309 e. The molecule has 2 amide bonds. The summed E-state index contributed by atoms with van der Waals surface area (Å²) in [5.74, 6) is -1.37. The van der Waals surface area contributed by atoms with Gasteiger partial charge >= 0.3 is 11.8 Å². The normalized spacial score (nSPS) is 18.1. The molecule has 1 heterocycles. The lowest BCUT2D eigenvalue weighted by Gasteiger charge is -2.26. The summed E-state index contributed by atoms with van der Waals surface area (Å²) in [6.45, 7) is 5.88. The fraction of sp³-hybridized carbons (Fsp3) is 0.818. The number of carbonyl (C=O) groups excluding carboxylic acids is 2. The van der Waals surface area contributed by atoms with E-state index in [9.17, 15) is 9.59 Å². The first-order valence-corrected chi connectivity index (χ1v) is 6.14. The number of rotatable bonds is 5. The van der Waals surface area contributed by atoms with Crippen LogP contribution < -0.4 is 10.6 Å². The van der Waals surface area contributed by atoms with Gasteiger partial charge in [0.25, 0.3) is 0 Å². The molecular formula is C11H21N3O4. The Morgan fingerprint density at radius 3 is 2.50 bits per heavy atom. The molecule has 0 saturated carbocycles. The summed E-state index contributed by atoms with van der Waals surface area (Å²) in [6.07, 6.45) is -0.657. The predicted molar refractivity (Wildman–Crippen MR) is 65.0 cm³/mol. The van der Waals surface area contributed by atoms with Crippen molar-refractivity contribution in [3.05, 3.63) is 0 Å². The fourth-order valence-electron chi connectivity index (χ4n) is 1.55. The number of ether oxygens (including phenoxy) is 1. The lowest BCUT2D eigenvalue weighted by molar-refractivity contribution is -0.139. The first kappa shape index (κ1) is 14.9. The van der Waals surface area contributed by atoms with Crippen LogP contribution in [0.1, 0.15) is 6.92 Å². The van der Waals surface area contributed by atoms with Crippen molar-refractivity contribution in [3.63, 3.8) is 0 Å². The maximum absolute atomic E-state index is 11.3. The Bertz CT molecular complexity index is 277. The van der Waals surface area contributed by atoms with Crippen LogP contribution in [0, 0.1) is 0 Å². The predicted octanol–water partition coefficient (Wildman–Crippen LogP) is -2.07. The van der Waals surface area contributed by atoms with Crippen LogP contribution in [0.25, 0.3) is 0 Å². The van der Waals surface area contributed by atoms with Gasteiger partial charge in [-0.25, -0.2) is 0 Å². The third kappa shape index (κ3) is 5.95. The number of hydrogen-bond donors (Lipinski definition) is 3. The second kappa shape index (κ2) is 8.02. The first-order valence-electron chi connectivity index (χ1n) is 6.14. The Morgan fingerprint density at radius 1 is 1.28 bits per heavy atom. The first-order chi connectivity index (χ1) is 8.59. The van der Waals surface area contributed by atoms with E-state index in [-0.39, 0.29) is 6.54 Å². The van der Waals surface area contributed by atoms with E-state index in [0.29, 0.717) is 26.3 Å². The van der Waals surface area contributed by atoms with E-state index in [1.54, 1.807) is 0 Å². The van der Waals surface area contributed by atoms with Crippen molar-refractivity contribution in [1.82, 2.24) is 15.5 Å². The highest BCUT2D eigenvalue weighted by atomic mass is 16.5. The van der Waals surface area contributed by atoms with Crippen molar-refractivity contribution in [1.29, 1.82) is 0 Å². The maximum atomic E-state index is 11.3. The van der Waals surface area contributed by atoms with Gasteiger partial charge in [-0.3, -0.25) is 14.5 Å². The second-order valence-electron chi connectivity index (χ2n) is 4.27. The number of carbonyl (C=O) groups is 2. The Kier molecular flexibility index (Phi) is 6.63. The van der Waals surface area contributed by atoms with E-state index >= 15 is 0 Å². The highest BCUT2D eigenvalue weighted by Gasteiger charge is 2.14. The van der Waals surface area contributed by atoms with Crippen LogP contribution in [0.3, 0.4) is 0 Å². The molecule has 1 atom stereocenters. The summed E-state index contributed by atoms with van der Waals surface area (Å²) in [6, 6.07) is 0. The summed E-state index contributed by atoms with van der Waals surface area (Å²) in [4.78, 5) is 24.8. The van der Waals surface area contributed by atoms with Gasteiger partial charge in [0.15, 0.2) is 0 Å².